The number of piperidine rings is 1. The molecule has 45 heavy (non-hydrogen) atoms. The molecule has 1 aliphatic rings. The molecule has 2 amide bonds. The molecule has 0 unspecified atom stereocenters. The number of imidazole rings is 1. The predicted molar refractivity (Wildman–Crippen MR) is 164 cm³/mol. The SMILES string of the molecule is Cc1noc(C)c1-c1ccc2c(c1)nc([C@@H]1CCCC(=O)N1c1ccc(F)c(F)c1)n2-c1nc(-c2ccc(C(N)=O)cc2)ns1. The summed E-state index contributed by atoms with van der Waals surface area (Å²) in [5.41, 5.74) is 10.5. The van der Waals surface area contributed by atoms with Crippen molar-refractivity contribution in [3.05, 3.63) is 95.1 Å². The lowest BCUT2D eigenvalue weighted by Gasteiger charge is -2.35. The number of aryl methyl sites for hydroxylation is 2. The summed E-state index contributed by atoms with van der Waals surface area (Å²) >= 11 is 1.15. The van der Waals surface area contributed by atoms with Crippen LogP contribution in [0.4, 0.5) is 14.5 Å². The predicted octanol–water partition coefficient (Wildman–Crippen LogP) is 6.45. The first-order chi connectivity index (χ1) is 21.7. The summed E-state index contributed by atoms with van der Waals surface area (Å²) in [6.45, 7) is 3.71. The fourth-order valence-electron chi connectivity index (χ4n) is 5.85. The van der Waals surface area contributed by atoms with Gasteiger partial charge in [-0.3, -0.25) is 14.2 Å². The van der Waals surface area contributed by atoms with Crippen LogP contribution < -0.4 is 10.6 Å². The van der Waals surface area contributed by atoms with Crippen LogP contribution in [0.25, 0.3) is 38.7 Å². The van der Waals surface area contributed by atoms with Crippen molar-refractivity contribution < 1.29 is 22.9 Å². The van der Waals surface area contributed by atoms with E-state index in [1.165, 1.54) is 11.0 Å². The molecule has 7 rings (SSSR count). The molecule has 13 heteroatoms. The highest BCUT2D eigenvalue weighted by atomic mass is 32.1. The number of primary amides is 1. The average molecular weight is 626 g/mol. The molecule has 226 valence electrons. The average Bonchev–Trinajstić information content (AvgIpc) is 3.75. The summed E-state index contributed by atoms with van der Waals surface area (Å²) in [5.74, 6) is -1.19. The largest absolute Gasteiger partial charge is 0.366 e. The molecule has 3 aromatic heterocycles. The standard InChI is InChI=1S/C32H25F2N7O3S/c1-16-28(17(2)44-38-16)20-10-13-25-24(14-20)36-31(26-4-3-5-27(42)40(26)21-11-12-22(33)23(34)15-21)41(25)32-37-30(39-45-32)19-8-6-18(7-9-19)29(35)43/h6-15,26H,3-5H2,1-2H3,(H2,35,43)/t26-/m0/s1. The Kier molecular flexibility index (Phi) is 6.96. The fourth-order valence-corrected chi connectivity index (χ4v) is 6.57. The first-order valence-corrected chi connectivity index (χ1v) is 14.9. The second-order valence-electron chi connectivity index (χ2n) is 10.8. The van der Waals surface area contributed by atoms with Gasteiger partial charge in [0.05, 0.1) is 22.8 Å². The number of carbonyl (C=O) groups is 2. The molecule has 0 radical (unpaired) electrons. The van der Waals surface area contributed by atoms with Crippen LogP contribution >= 0.6 is 11.5 Å². The summed E-state index contributed by atoms with van der Waals surface area (Å²) in [4.78, 5) is 36.3. The molecule has 1 atom stereocenters. The Hall–Kier alpha value is -5.30. The van der Waals surface area contributed by atoms with Crippen LogP contribution in [0.5, 0.6) is 0 Å². The van der Waals surface area contributed by atoms with E-state index >= 15 is 0 Å². The van der Waals surface area contributed by atoms with E-state index in [9.17, 15) is 18.4 Å². The van der Waals surface area contributed by atoms with E-state index in [4.69, 9.17) is 20.2 Å². The molecular formula is C32H25F2N7O3S. The van der Waals surface area contributed by atoms with Gasteiger partial charge < -0.3 is 15.2 Å². The van der Waals surface area contributed by atoms with E-state index in [1.807, 2.05) is 36.6 Å². The Bertz CT molecular complexity index is 2100. The molecule has 0 aliphatic carbocycles. The van der Waals surface area contributed by atoms with Gasteiger partial charge in [0.25, 0.3) is 0 Å². The summed E-state index contributed by atoms with van der Waals surface area (Å²) in [5, 5.41) is 4.58. The van der Waals surface area contributed by atoms with Gasteiger partial charge >= 0.3 is 0 Å². The molecule has 0 spiro atoms. The maximum Gasteiger partial charge on any atom is 0.248 e. The van der Waals surface area contributed by atoms with E-state index in [1.54, 1.807) is 24.3 Å². The Morgan fingerprint density at radius 2 is 1.78 bits per heavy atom. The first-order valence-electron chi connectivity index (χ1n) is 14.2. The Morgan fingerprint density at radius 1 is 1.00 bits per heavy atom. The number of aromatic nitrogens is 5. The van der Waals surface area contributed by atoms with Crippen molar-refractivity contribution in [1.29, 1.82) is 0 Å². The van der Waals surface area contributed by atoms with E-state index in [-0.39, 0.29) is 18.0 Å². The van der Waals surface area contributed by atoms with Crippen molar-refractivity contribution in [2.24, 2.45) is 5.73 Å². The van der Waals surface area contributed by atoms with Gasteiger partial charge in [-0.2, -0.15) is 9.36 Å². The molecule has 1 saturated heterocycles. The van der Waals surface area contributed by atoms with Crippen molar-refractivity contribution in [3.63, 3.8) is 0 Å². The number of benzene rings is 3. The lowest BCUT2D eigenvalue weighted by atomic mass is 9.99. The fraction of sp³-hybridized carbons (Fsp3) is 0.188. The summed E-state index contributed by atoms with van der Waals surface area (Å²) in [6.07, 6.45) is 1.38. The zero-order chi connectivity index (χ0) is 31.4. The summed E-state index contributed by atoms with van der Waals surface area (Å²) in [6, 6.07) is 15.3. The van der Waals surface area contributed by atoms with Crippen molar-refractivity contribution in [3.8, 4) is 27.6 Å². The number of carbonyl (C=O) groups excluding carboxylic acids is 2. The Balaban J connectivity index is 1.40. The Morgan fingerprint density at radius 3 is 2.49 bits per heavy atom. The molecule has 3 aromatic carbocycles. The van der Waals surface area contributed by atoms with Crippen LogP contribution in [-0.2, 0) is 4.79 Å². The van der Waals surface area contributed by atoms with Crippen LogP contribution in [0.3, 0.4) is 0 Å². The second-order valence-corrected chi connectivity index (χ2v) is 11.6. The molecule has 2 N–H and O–H groups in total. The molecule has 1 aliphatic heterocycles. The van der Waals surface area contributed by atoms with E-state index in [2.05, 4.69) is 9.53 Å². The molecule has 4 heterocycles. The van der Waals surface area contributed by atoms with Gasteiger partial charge in [-0.05, 0) is 68.7 Å². The molecule has 0 saturated carbocycles. The lowest BCUT2D eigenvalue weighted by Crippen LogP contribution is -2.39. The number of amides is 2. The normalized spacial score (nSPS) is 15.2. The minimum absolute atomic E-state index is 0.222. The van der Waals surface area contributed by atoms with E-state index in [0.717, 1.165) is 46.0 Å². The van der Waals surface area contributed by atoms with Gasteiger partial charge in [0, 0.05) is 46.4 Å². The highest BCUT2D eigenvalue weighted by molar-refractivity contribution is 7.08. The first kappa shape index (κ1) is 28.5. The van der Waals surface area contributed by atoms with Gasteiger partial charge in [-0.25, -0.2) is 13.8 Å². The van der Waals surface area contributed by atoms with Crippen molar-refractivity contribution in [2.45, 2.75) is 39.2 Å². The summed E-state index contributed by atoms with van der Waals surface area (Å²) < 4.78 is 40.1. The van der Waals surface area contributed by atoms with Crippen molar-refractivity contribution in [1.82, 2.24) is 24.1 Å². The highest BCUT2D eigenvalue weighted by Gasteiger charge is 2.35. The minimum atomic E-state index is -1.04. The molecule has 0 bridgehead atoms. The maximum absolute atomic E-state index is 14.4. The maximum atomic E-state index is 14.4. The van der Waals surface area contributed by atoms with Gasteiger partial charge in [0.2, 0.25) is 16.9 Å². The number of nitrogens with two attached hydrogens (primary N) is 1. The smallest absolute Gasteiger partial charge is 0.248 e. The van der Waals surface area contributed by atoms with Crippen LogP contribution in [0.15, 0.2) is 65.2 Å². The van der Waals surface area contributed by atoms with Gasteiger partial charge in [0.15, 0.2) is 17.5 Å². The molecule has 1 fully saturated rings. The van der Waals surface area contributed by atoms with E-state index in [0.29, 0.717) is 52.0 Å². The van der Waals surface area contributed by atoms with Crippen molar-refractivity contribution in [2.75, 3.05) is 4.90 Å². The zero-order valence-corrected chi connectivity index (χ0v) is 24.9. The zero-order valence-electron chi connectivity index (χ0n) is 24.1. The third-order valence-electron chi connectivity index (χ3n) is 7.96. The van der Waals surface area contributed by atoms with Gasteiger partial charge in [-0.1, -0.05) is 23.4 Å². The second kappa shape index (κ2) is 11.0. The quantitative estimate of drug-likeness (QED) is 0.225. The highest BCUT2D eigenvalue weighted by Crippen LogP contribution is 2.40. The number of hydrogen-bond donors (Lipinski definition) is 1. The minimum Gasteiger partial charge on any atom is -0.366 e. The van der Waals surface area contributed by atoms with Gasteiger partial charge in [-0.15, -0.1) is 0 Å². The number of anilines is 1. The van der Waals surface area contributed by atoms with E-state index < -0.39 is 23.6 Å². The third-order valence-corrected chi connectivity index (χ3v) is 8.67. The van der Waals surface area contributed by atoms with Crippen LogP contribution in [0.1, 0.15) is 52.9 Å². The number of nitrogens with zero attached hydrogens (tertiary/aromatic N) is 6. The number of rotatable bonds is 6. The Labute approximate surface area is 259 Å². The van der Waals surface area contributed by atoms with Crippen LogP contribution in [-0.4, -0.2) is 35.9 Å². The summed E-state index contributed by atoms with van der Waals surface area (Å²) in [7, 11) is 0. The number of halogens is 2. The molecule has 6 aromatic rings. The lowest BCUT2D eigenvalue weighted by molar-refractivity contribution is -0.120. The number of fused-ring (bicyclic) bond motifs is 1. The van der Waals surface area contributed by atoms with Gasteiger partial charge in [0.1, 0.15) is 11.6 Å². The topological polar surface area (TPSA) is 133 Å². The number of hydrogen-bond acceptors (Lipinski definition) is 8. The monoisotopic (exact) mass is 625 g/mol. The molecule has 10 nitrogen and oxygen atoms in total. The van der Waals surface area contributed by atoms with Crippen LogP contribution in [0, 0.1) is 25.5 Å². The third kappa shape index (κ3) is 4.94. The van der Waals surface area contributed by atoms with Crippen LogP contribution in [0.2, 0.25) is 0 Å². The molecular weight excluding hydrogens is 600 g/mol. The van der Waals surface area contributed by atoms with Crippen molar-refractivity contribution >= 4 is 40.1 Å².